The maximum atomic E-state index is 12.1. The summed E-state index contributed by atoms with van der Waals surface area (Å²) in [6, 6.07) is -0.593. The lowest BCUT2D eigenvalue weighted by molar-refractivity contribution is -0.159. The summed E-state index contributed by atoms with van der Waals surface area (Å²) in [6.45, 7) is 1.96. The Balaban J connectivity index is 2.67. The minimum atomic E-state index is -4.60. The minimum absolute atomic E-state index is 0.0872. The van der Waals surface area contributed by atoms with Crippen LogP contribution in [-0.2, 0) is 6.18 Å². The molecule has 0 radical (unpaired) electrons. The van der Waals surface area contributed by atoms with Crippen molar-refractivity contribution in [3.8, 4) is 0 Å². The first-order valence-electron chi connectivity index (χ1n) is 4.61. The van der Waals surface area contributed by atoms with Gasteiger partial charge < -0.3 is 10.3 Å². The van der Waals surface area contributed by atoms with Gasteiger partial charge in [0.1, 0.15) is 0 Å². The summed E-state index contributed by atoms with van der Waals surface area (Å²) in [5.41, 5.74) is 5.59. The zero-order valence-electron chi connectivity index (χ0n) is 8.21. The molecule has 86 valence electrons. The molecule has 4 nitrogen and oxygen atoms in total. The molecule has 7 heteroatoms. The standard InChI is InChI=1S/C8H12F3N3O/c1-2-3-4-5(12)6-13-7(15-14-6)8(9,10)11/h5H,2-4,12H2,1H3. The molecule has 0 aliphatic carbocycles. The zero-order chi connectivity index (χ0) is 11.5. The fourth-order valence-corrected chi connectivity index (χ4v) is 1.05. The third-order valence-electron chi connectivity index (χ3n) is 1.88. The van der Waals surface area contributed by atoms with Crippen LogP contribution in [0.2, 0.25) is 0 Å². The van der Waals surface area contributed by atoms with Crippen molar-refractivity contribution in [2.45, 2.75) is 38.4 Å². The number of unbranched alkanes of at least 4 members (excludes halogenated alkanes) is 1. The van der Waals surface area contributed by atoms with Crippen molar-refractivity contribution >= 4 is 0 Å². The molecule has 1 heterocycles. The monoisotopic (exact) mass is 223 g/mol. The highest BCUT2D eigenvalue weighted by Crippen LogP contribution is 2.28. The van der Waals surface area contributed by atoms with Crippen LogP contribution in [0.15, 0.2) is 4.52 Å². The third-order valence-corrected chi connectivity index (χ3v) is 1.88. The molecule has 0 aliphatic rings. The predicted octanol–water partition coefficient (Wildman–Crippen LogP) is 2.28. The maximum Gasteiger partial charge on any atom is 0.471 e. The Kier molecular flexibility index (Phi) is 3.67. The molecule has 0 saturated heterocycles. The molecule has 1 unspecified atom stereocenters. The molecule has 0 aliphatic heterocycles. The Bertz CT molecular complexity index is 310. The van der Waals surface area contributed by atoms with Crippen molar-refractivity contribution in [2.75, 3.05) is 0 Å². The van der Waals surface area contributed by atoms with E-state index >= 15 is 0 Å². The van der Waals surface area contributed by atoms with Crippen molar-refractivity contribution in [3.63, 3.8) is 0 Å². The molecule has 0 amide bonds. The lowest BCUT2D eigenvalue weighted by atomic mass is 10.1. The van der Waals surface area contributed by atoms with Gasteiger partial charge in [0.05, 0.1) is 6.04 Å². The van der Waals surface area contributed by atoms with Crippen LogP contribution < -0.4 is 5.73 Å². The number of halogens is 3. The number of nitrogens with zero attached hydrogens (tertiary/aromatic N) is 2. The van der Waals surface area contributed by atoms with Gasteiger partial charge >= 0.3 is 12.1 Å². The summed E-state index contributed by atoms with van der Waals surface area (Å²) >= 11 is 0. The summed E-state index contributed by atoms with van der Waals surface area (Å²) in [4.78, 5) is 3.21. The molecular formula is C8H12F3N3O. The number of aromatic nitrogens is 2. The van der Waals surface area contributed by atoms with Crippen LogP contribution >= 0.6 is 0 Å². The van der Waals surface area contributed by atoms with E-state index < -0.39 is 18.1 Å². The normalized spacial score (nSPS) is 14.2. The summed E-state index contributed by atoms with van der Waals surface area (Å²) in [5.74, 6) is -1.43. The van der Waals surface area contributed by atoms with E-state index in [4.69, 9.17) is 5.73 Å². The number of hydrogen-bond donors (Lipinski definition) is 1. The summed E-state index contributed by atoms with van der Waals surface area (Å²) in [7, 11) is 0. The predicted molar refractivity (Wildman–Crippen MR) is 45.8 cm³/mol. The molecule has 1 rings (SSSR count). The van der Waals surface area contributed by atoms with E-state index in [1.807, 2.05) is 6.92 Å². The fraction of sp³-hybridized carbons (Fsp3) is 0.750. The lowest BCUT2D eigenvalue weighted by Crippen LogP contribution is -2.13. The van der Waals surface area contributed by atoms with Crippen molar-refractivity contribution in [1.29, 1.82) is 0 Å². The van der Waals surface area contributed by atoms with Gasteiger partial charge in [0.25, 0.3) is 0 Å². The van der Waals surface area contributed by atoms with Crippen LogP contribution in [0.1, 0.15) is 43.9 Å². The topological polar surface area (TPSA) is 64.9 Å². The Morgan fingerprint density at radius 1 is 1.47 bits per heavy atom. The molecule has 2 N–H and O–H groups in total. The molecule has 1 aromatic rings. The van der Waals surface area contributed by atoms with Crippen molar-refractivity contribution in [2.24, 2.45) is 5.73 Å². The first-order valence-corrected chi connectivity index (χ1v) is 4.61. The zero-order valence-corrected chi connectivity index (χ0v) is 8.21. The number of hydrogen-bond acceptors (Lipinski definition) is 4. The summed E-state index contributed by atoms with van der Waals surface area (Å²) in [5, 5.41) is 3.20. The highest BCUT2D eigenvalue weighted by Gasteiger charge is 2.38. The van der Waals surface area contributed by atoms with Gasteiger partial charge in [-0.15, -0.1) is 0 Å². The van der Waals surface area contributed by atoms with E-state index in [9.17, 15) is 13.2 Å². The maximum absolute atomic E-state index is 12.1. The first-order chi connectivity index (χ1) is 6.95. The SMILES string of the molecule is CCCCC(N)c1noc(C(F)(F)F)n1. The summed E-state index contributed by atoms with van der Waals surface area (Å²) in [6.07, 6.45) is -2.32. The molecule has 0 spiro atoms. The van der Waals surface area contributed by atoms with E-state index in [0.717, 1.165) is 12.8 Å². The molecule has 15 heavy (non-hydrogen) atoms. The van der Waals surface area contributed by atoms with Crippen LogP contribution in [0, 0.1) is 0 Å². The largest absolute Gasteiger partial charge is 0.471 e. The number of rotatable bonds is 4. The smallest absolute Gasteiger partial charge is 0.329 e. The van der Waals surface area contributed by atoms with Gasteiger partial charge in [0.2, 0.25) is 0 Å². The van der Waals surface area contributed by atoms with Crippen LogP contribution in [0.5, 0.6) is 0 Å². The molecular weight excluding hydrogens is 211 g/mol. The number of alkyl halides is 3. The molecule has 0 fully saturated rings. The van der Waals surface area contributed by atoms with Crippen molar-refractivity contribution in [1.82, 2.24) is 10.1 Å². The molecule has 0 bridgehead atoms. The van der Waals surface area contributed by atoms with Gasteiger partial charge in [-0.25, -0.2) is 0 Å². The second kappa shape index (κ2) is 4.61. The Labute approximate surface area is 84.6 Å². The van der Waals surface area contributed by atoms with Crippen LogP contribution in [0.4, 0.5) is 13.2 Å². The second-order valence-corrected chi connectivity index (χ2v) is 3.20. The first kappa shape index (κ1) is 12.0. The summed E-state index contributed by atoms with van der Waals surface area (Å²) < 4.78 is 40.3. The fourth-order valence-electron chi connectivity index (χ4n) is 1.05. The Hall–Kier alpha value is -1.11. The lowest BCUT2D eigenvalue weighted by Gasteiger charge is -2.04. The Morgan fingerprint density at radius 3 is 2.60 bits per heavy atom. The average molecular weight is 223 g/mol. The molecule has 1 aromatic heterocycles. The highest BCUT2D eigenvalue weighted by molar-refractivity contribution is 4.94. The highest BCUT2D eigenvalue weighted by atomic mass is 19.4. The second-order valence-electron chi connectivity index (χ2n) is 3.20. The quantitative estimate of drug-likeness (QED) is 0.850. The van der Waals surface area contributed by atoms with E-state index in [-0.39, 0.29) is 5.82 Å². The van der Waals surface area contributed by atoms with Gasteiger partial charge in [0.15, 0.2) is 5.82 Å². The van der Waals surface area contributed by atoms with E-state index in [0.29, 0.717) is 6.42 Å². The van der Waals surface area contributed by atoms with Crippen molar-refractivity contribution < 1.29 is 17.7 Å². The van der Waals surface area contributed by atoms with Gasteiger partial charge in [0, 0.05) is 0 Å². The van der Waals surface area contributed by atoms with Gasteiger partial charge in [-0.1, -0.05) is 24.9 Å². The van der Waals surface area contributed by atoms with Crippen LogP contribution in [-0.4, -0.2) is 10.1 Å². The van der Waals surface area contributed by atoms with E-state index in [1.54, 1.807) is 0 Å². The minimum Gasteiger partial charge on any atom is -0.329 e. The third kappa shape index (κ3) is 3.19. The van der Waals surface area contributed by atoms with E-state index in [2.05, 4.69) is 14.7 Å². The number of nitrogens with two attached hydrogens (primary N) is 1. The van der Waals surface area contributed by atoms with E-state index in [1.165, 1.54) is 0 Å². The Morgan fingerprint density at radius 2 is 2.13 bits per heavy atom. The van der Waals surface area contributed by atoms with Crippen LogP contribution in [0.25, 0.3) is 0 Å². The van der Waals surface area contributed by atoms with Gasteiger partial charge in [-0.3, -0.25) is 0 Å². The average Bonchev–Trinajstić information content (AvgIpc) is 2.62. The molecule has 1 atom stereocenters. The van der Waals surface area contributed by atoms with Gasteiger partial charge in [-0.05, 0) is 6.42 Å². The van der Waals surface area contributed by atoms with Crippen molar-refractivity contribution in [3.05, 3.63) is 11.7 Å². The van der Waals surface area contributed by atoms with Crippen LogP contribution in [0.3, 0.4) is 0 Å². The molecule has 0 saturated carbocycles. The molecule has 0 aromatic carbocycles. The van der Waals surface area contributed by atoms with Gasteiger partial charge in [-0.2, -0.15) is 18.2 Å².